The Morgan fingerprint density at radius 3 is 0.849 bits per heavy atom. The van der Waals surface area contributed by atoms with Gasteiger partial charge in [0.05, 0.1) is 64.0 Å². The molecule has 0 aliphatic heterocycles. The second-order valence-electron chi connectivity index (χ2n) is 12.1. The Morgan fingerprint density at radius 1 is 0.396 bits per heavy atom. The van der Waals surface area contributed by atoms with Crippen LogP contribution in [0.2, 0.25) is 0 Å². The second kappa shape index (κ2) is 20.1. The van der Waals surface area contributed by atoms with Crippen molar-refractivity contribution in [1.82, 2.24) is 0 Å². The van der Waals surface area contributed by atoms with E-state index in [1.54, 1.807) is 64.0 Å². The van der Waals surface area contributed by atoms with Gasteiger partial charge in [0, 0.05) is 16.7 Å². The molecule has 9 nitrogen and oxygen atoms in total. The van der Waals surface area contributed by atoms with Crippen LogP contribution in [0.15, 0.2) is 18.2 Å². The van der Waals surface area contributed by atoms with Gasteiger partial charge in [0.25, 0.3) is 0 Å². The van der Waals surface area contributed by atoms with Gasteiger partial charge in [-0.2, -0.15) is 27.4 Å². The van der Waals surface area contributed by atoms with Crippen LogP contribution in [-0.4, -0.2) is 72.1 Å². The Morgan fingerprint density at radius 2 is 0.660 bits per heavy atom. The van der Waals surface area contributed by atoms with Gasteiger partial charge < -0.3 is 79.9 Å². The number of hydrogen-bond donors (Lipinski definition) is 0. The average Bonchev–Trinajstić information content (AvgIpc) is 3.29. The van der Waals surface area contributed by atoms with Gasteiger partial charge in [-0.05, 0) is 54.5 Å². The predicted octanol–water partition coefficient (Wildman–Crippen LogP) is -3.97. The summed E-state index contributed by atoms with van der Waals surface area (Å²) in [5.41, 5.74) is 7.08. The maximum Gasteiger partial charge on any atom is 4.00 e. The maximum atomic E-state index is 6.42. The summed E-state index contributed by atoms with van der Waals surface area (Å²) in [5, 5.41) is 3.85. The molecule has 0 aliphatic rings. The van der Waals surface area contributed by atoms with Crippen molar-refractivity contribution in [2.45, 2.75) is 48.5 Å². The molecule has 0 aliphatic carbocycles. The first-order chi connectivity index (χ1) is 23.4. The van der Waals surface area contributed by atoms with Crippen LogP contribution in [0.5, 0.6) is 51.7 Å². The van der Waals surface area contributed by atoms with E-state index in [0.29, 0.717) is 51.7 Å². The van der Waals surface area contributed by atoms with E-state index < -0.39 is 8.07 Å². The molecule has 0 unspecified atom stereocenters. The van der Waals surface area contributed by atoms with Crippen LogP contribution in [0, 0.1) is 48.5 Å². The summed E-state index contributed by atoms with van der Waals surface area (Å²) in [4.78, 5) is 0. The van der Waals surface area contributed by atoms with Gasteiger partial charge in [-0.15, -0.1) is 0 Å². The summed E-state index contributed by atoms with van der Waals surface area (Å²) in [6, 6.07) is 6.14. The maximum absolute atomic E-state index is 6.42. The van der Waals surface area contributed by atoms with E-state index in [2.05, 4.69) is 27.7 Å². The largest absolute Gasteiger partial charge is 4.00 e. The van der Waals surface area contributed by atoms with Crippen molar-refractivity contribution >= 4 is 28.8 Å². The first-order valence-electron chi connectivity index (χ1n) is 16.0. The predicted molar refractivity (Wildman–Crippen MR) is 198 cm³/mol. The topological polar surface area (TPSA) is 83.1 Å². The molecule has 290 valence electrons. The van der Waals surface area contributed by atoms with E-state index >= 15 is 0 Å². The standard InChI is InChI=1S/C39H51O9Si.3ClH.Ti/c1-20-21(2)23(4)39(22(20)3)49(30-17-27(40-8)33(43-11)24(5)36(30)46-14,31-18-28(41-9)34(44-12)25(6)37(31)47-15)32-19-29(42-10)35(45-13)26(7)38(32)48-16;;;;/h17-19H,1-16H3;3*1H;/q-1;;;;+4/p-3. The van der Waals surface area contributed by atoms with Crippen LogP contribution < -0.4 is 101 Å². The van der Waals surface area contributed by atoms with Gasteiger partial charge in [0.1, 0.15) is 17.2 Å². The number of rotatable bonds is 13. The fourth-order valence-electron chi connectivity index (χ4n) is 7.72. The van der Waals surface area contributed by atoms with Crippen molar-refractivity contribution in [3.05, 3.63) is 57.1 Å². The molecule has 0 spiro atoms. The summed E-state index contributed by atoms with van der Waals surface area (Å²) in [7, 11) is 11.2. The minimum absolute atomic E-state index is 0. The van der Waals surface area contributed by atoms with Crippen molar-refractivity contribution < 1.29 is 102 Å². The van der Waals surface area contributed by atoms with Gasteiger partial charge in [-0.3, -0.25) is 0 Å². The third-order valence-corrected chi connectivity index (χ3v) is 15.2. The molecule has 14 heteroatoms. The first kappa shape index (κ1) is 50.0. The molecular weight excluding hydrogens is 795 g/mol. The number of ether oxygens (including phenoxy) is 9. The Balaban J connectivity index is 0.00000676. The van der Waals surface area contributed by atoms with E-state index in [1.807, 2.05) is 39.0 Å². The third kappa shape index (κ3) is 7.65. The molecular formula is C39H51Cl3O9SiTi. The fourth-order valence-corrected chi connectivity index (χ4v) is 13.8. The smallest absolute Gasteiger partial charge is 1.00 e. The van der Waals surface area contributed by atoms with Crippen molar-refractivity contribution in [3.63, 3.8) is 0 Å². The Labute approximate surface area is 349 Å². The van der Waals surface area contributed by atoms with Crippen molar-refractivity contribution in [1.29, 1.82) is 0 Å². The normalized spacial score (nSPS) is 10.4. The molecule has 4 aromatic rings. The van der Waals surface area contributed by atoms with Crippen LogP contribution in [-0.2, 0) is 21.7 Å². The number of hydrogen-bond acceptors (Lipinski definition) is 9. The van der Waals surface area contributed by atoms with Crippen molar-refractivity contribution in [3.8, 4) is 51.7 Å². The van der Waals surface area contributed by atoms with Gasteiger partial charge in [-0.25, -0.2) is 0 Å². The van der Waals surface area contributed by atoms with Crippen LogP contribution in [0.25, 0.3) is 0 Å². The fraction of sp³-hybridized carbons (Fsp3) is 0.410. The molecule has 0 saturated carbocycles. The Kier molecular flexibility index (Phi) is 18.9. The number of benzene rings is 3. The van der Waals surface area contributed by atoms with Gasteiger partial charge in [0.2, 0.25) is 0 Å². The van der Waals surface area contributed by atoms with Crippen LogP contribution in [0.4, 0.5) is 0 Å². The molecule has 0 radical (unpaired) electrons. The monoisotopic (exact) mass is 844 g/mol. The van der Waals surface area contributed by atoms with Crippen LogP contribution in [0.1, 0.15) is 38.9 Å². The van der Waals surface area contributed by atoms with Gasteiger partial charge >= 0.3 is 21.7 Å². The molecule has 0 fully saturated rings. The molecule has 0 atom stereocenters. The molecule has 0 aromatic heterocycles. The molecule has 4 aromatic carbocycles. The SMILES string of the molecule is COc1cc([Si](c2cc(OC)c(OC)c(C)c2OC)(c2cc(OC)c(OC)c(C)c2OC)c2c(C)c(C)c(C)[c-]2C)c(OC)c(C)c1OC.[Cl-].[Cl-].[Cl-].[Ti+4]. The molecule has 0 amide bonds. The molecule has 0 heterocycles. The zero-order valence-electron chi connectivity index (χ0n) is 33.5. The minimum Gasteiger partial charge on any atom is -1.00 e. The van der Waals surface area contributed by atoms with Crippen LogP contribution >= 0.6 is 0 Å². The summed E-state index contributed by atoms with van der Waals surface area (Å²) < 4.78 is 55.2. The summed E-state index contributed by atoms with van der Waals surface area (Å²) in [6.07, 6.45) is 0. The van der Waals surface area contributed by atoms with E-state index in [0.717, 1.165) is 48.6 Å². The van der Waals surface area contributed by atoms with E-state index in [4.69, 9.17) is 42.6 Å². The second-order valence-corrected chi connectivity index (χ2v) is 15.7. The van der Waals surface area contributed by atoms with Gasteiger partial charge in [0.15, 0.2) is 42.6 Å². The molecule has 53 heavy (non-hydrogen) atoms. The summed E-state index contributed by atoms with van der Waals surface area (Å²) in [5.74, 6) is 5.41. The summed E-state index contributed by atoms with van der Waals surface area (Å²) >= 11 is 0. The molecule has 4 rings (SSSR count). The average molecular weight is 846 g/mol. The van der Waals surface area contributed by atoms with E-state index in [1.165, 1.54) is 11.1 Å². The Bertz CT molecular complexity index is 1700. The van der Waals surface area contributed by atoms with Gasteiger partial charge in [-0.1, -0.05) is 27.7 Å². The van der Waals surface area contributed by atoms with E-state index in [-0.39, 0.29) is 58.9 Å². The summed E-state index contributed by atoms with van der Waals surface area (Å²) in [6.45, 7) is 14.7. The van der Waals surface area contributed by atoms with Crippen molar-refractivity contribution in [2.75, 3.05) is 64.0 Å². The number of methoxy groups -OCH3 is 9. The zero-order chi connectivity index (χ0) is 36.5. The van der Waals surface area contributed by atoms with Crippen LogP contribution in [0.3, 0.4) is 0 Å². The minimum atomic E-state index is -3.72. The molecule has 0 N–H and O–H groups in total. The first-order valence-corrected chi connectivity index (χ1v) is 18.0. The molecule has 0 saturated heterocycles. The number of halogens is 3. The molecule has 0 bridgehead atoms. The third-order valence-electron chi connectivity index (χ3n) is 10.2. The van der Waals surface area contributed by atoms with Crippen molar-refractivity contribution in [2.24, 2.45) is 0 Å². The van der Waals surface area contributed by atoms with E-state index in [9.17, 15) is 0 Å². The zero-order valence-corrected chi connectivity index (χ0v) is 38.4. The Hall–Kier alpha value is -2.99. The quantitative estimate of drug-likeness (QED) is 0.0762.